The fourth-order valence-electron chi connectivity index (χ4n) is 4.05. The molecule has 0 aromatic carbocycles. The lowest BCUT2D eigenvalue weighted by atomic mass is 10.1. The quantitative estimate of drug-likeness (QED) is 0.0632. The van der Waals surface area contributed by atoms with E-state index < -0.39 is 28.0 Å². The van der Waals surface area contributed by atoms with Crippen molar-refractivity contribution in [2.45, 2.75) is 142 Å². The maximum atomic E-state index is 12.3. The predicted molar refractivity (Wildman–Crippen MR) is 156 cm³/mol. The van der Waals surface area contributed by atoms with Gasteiger partial charge in [-0.2, -0.15) is 8.42 Å². The molecule has 0 aliphatic rings. The second kappa shape index (κ2) is 24.9. The van der Waals surface area contributed by atoms with Crippen LogP contribution in [0.4, 0.5) is 0 Å². The van der Waals surface area contributed by atoms with Crippen molar-refractivity contribution in [2.24, 2.45) is 0 Å². The van der Waals surface area contributed by atoms with Crippen molar-refractivity contribution in [3.05, 3.63) is 36.5 Å². The molecule has 6 nitrogen and oxygen atoms in total. The van der Waals surface area contributed by atoms with Crippen LogP contribution in [0.2, 0.25) is 0 Å². The summed E-state index contributed by atoms with van der Waals surface area (Å²) in [6, 6.07) is -1.06. The van der Waals surface area contributed by atoms with Gasteiger partial charge >= 0.3 is 0 Å². The highest BCUT2D eigenvalue weighted by atomic mass is 32.2. The van der Waals surface area contributed by atoms with Crippen LogP contribution in [0, 0.1) is 0 Å². The van der Waals surface area contributed by atoms with E-state index in [0.29, 0.717) is 6.42 Å². The molecule has 2 atom stereocenters. The summed E-state index contributed by atoms with van der Waals surface area (Å²) < 4.78 is 32.0. The molecule has 0 spiro atoms. The molecule has 0 saturated heterocycles. The predicted octanol–water partition coefficient (Wildman–Crippen LogP) is 7.45. The fourth-order valence-corrected chi connectivity index (χ4v) is 4.78. The molecule has 7 heteroatoms. The van der Waals surface area contributed by atoms with Gasteiger partial charge in [-0.05, 0) is 44.9 Å². The molecule has 0 aliphatic carbocycles. The largest absolute Gasteiger partial charge is 0.387 e. The van der Waals surface area contributed by atoms with Gasteiger partial charge in [0.25, 0.3) is 10.1 Å². The lowest BCUT2D eigenvalue weighted by Crippen LogP contribution is -2.46. The van der Waals surface area contributed by atoms with E-state index in [2.05, 4.69) is 43.5 Å². The van der Waals surface area contributed by atoms with Crippen molar-refractivity contribution in [1.29, 1.82) is 0 Å². The highest BCUT2D eigenvalue weighted by molar-refractivity contribution is 7.85. The Morgan fingerprint density at radius 2 is 1.24 bits per heavy atom. The Kier molecular flexibility index (Phi) is 23.9. The first-order valence-electron chi connectivity index (χ1n) is 14.7. The molecule has 0 aromatic rings. The lowest BCUT2D eigenvalue weighted by molar-refractivity contribution is -0.122. The Balaban J connectivity index is 4.12. The summed E-state index contributed by atoms with van der Waals surface area (Å²) >= 11 is 0. The number of allylic oxidation sites excluding steroid dienone is 5. The average molecular weight is 542 g/mol. The first-order valence-corrected chi connectivity index (χ1v) is 16.3. The number of hydrogen-bond donors (Lipinski definition) is 3. The summed E-state index contributed by atoms with van der Waals surface area (Å²) in [5, 5.41) is 13.0. The number of rotatable bonds is 25. The normalized spacial score (nSPS) is 14.2. The number of amides is 1. The molecule has 0 heterocycles. The van der Waals surface area contributed by atoms with Gasteiger partial charge in [-0.3, -0.25) is 9.35 Å². The van der Waals surface area contributed by atoms with Gasteiger partial charge in [-0.25, -0.2) is 0 Å². The van der Waals surface area contributed by atoms with Crippen LogP contribution >= 0.6 is 0 Å². The average Bonchev–Trinajstić information content (AvgIpc) is 2.84. The molecule has 2 unspecified atom stereocenters. The van der Waals surface area contributed by atoms with E-state index in [1.165, 1.54) is 51.0 Å². The zero-order valence-corrected chi connectivity index (χ0v) is 24.4. The Bertz CT molecular complexity index is 730. The number of nitrogens with one attached hydrogen (secondary N) is 1. The van der Waals surface area contributed by atoms with Crippen molar-refractivity contribution in [3.63, 3.8) is 0 Å². The minimum atomic E-state index is -4.33. The van der Waals surface area contributed by atoms with Gasteiger partial charge in [0, 0.05) is 6.42 Å². The molecule has 0 aromatic heterocycles. The molecular weight excluding hydrogens is 486 g/mol. The minimum Gasteiger partial charge on any atom is -0.387 e. The van der Waals surface area contributed by atoms with Crippen molar-refractivity contribution in [3.8, 4) is 0 Å². The third-order valence-electron chi connectivity index (χ3n) is 6.31. The molecule has 0 bridgehead atoms. The van der Waals surface area contributed by atoms with Gasteiger partial charge in [0.1, 0.15) is 0 Å². The fraction of sp³-hybridized carbons (Fsp3) is 0.767. The topological polar surface area (TPSA) is 104 Å². The maximum Gasteiger partial charge on any atom is 0.267 e. The summed E-state index contributed by atoms with van der Waals surface area (Å²) in [5.41, 5.74) is 0. The SMILES string of the molecule is CCCC/C=C\C/C=C\CCCCCCCC(=O)NC(CS(=O)(=O)O)C(O)/C=C/CCCCCCCC. The number of hydrogen-bond acceptors (Lipinski definition) is 4. The van der Waals surface area contributed by atoms with Gasteiger partial charge in [0.15, 0.2) is 0 Å². The van der Waals surface area contributed by atoms with Crippen LogP contribution in [-0.2, 0) is 14.9 Å². The summed E-state index contributed by atoms with van der Waals surface area (Å²) in [4.78, 5) is 12.3. The standard InChI is InChI=1S/C30H55NO5S/c1-3-5-7-9-11-13-14-15-16-17-18-20-22-24-26-30(33)31-28(27-37(34,35)36)29(32)25-23-21-19-12-10-8-6-4-2/h9,11,14-15,23,25,28-29,32H,3-8,10,12-13,16-22,24,26-27H2,1-2H3,(H,31,33)(H,34,35,36)/b11-9-,15-14-,25-23+. The summed E-state index contributed by atoms with van der Waals surface area (Å²) in [7, 11) is -4.33. The summed E-state index contributed by atoms with van der Waals surface area (Å²) in [5.74, 6) is -1.00. The monoisotopic (exact) mass is 541 g/mol. The van der Waals surface area contributed by atoms with E-state index in [9.17, 15) is 22.9 Å². The van der Waals surface area contributed by atoms with E-state index in [0.717, 1.165) is 57.8 Å². The van der Waals surface area contributed by atoms with Crippen LogP contribution in [0.5, 0.6) is 0 Å². The number of carbonyl (C=O) groups is 1. The Morgan fingerprint density at radius 1 is 0.730 bits per heavy atom. The smallest absolute Gasteiger partial charge is 0.267 e. The van der Waals surface area contributed by atoms with Gasteiger partial charge in [-0.1, -0.05) is 115 Å². The van der Waals surface area contributed by atoms with Crippen molar-refractivity contribution in [2.75, 3.05) is 5.75 Å². The highest BCUT2D eigenvalue weighted by Gasteiger charge is 2.24. The molecule has 1 amide bonds. The van der Waals surface area contributed by atoms with Crippen LogP contribution < -0.4 is 5.32 Å². The minimum absolute atomic E-state index is 0.278. The molecule has 0 aliphatic heterocycles. The Hall–Kier alpha value is -1.44. The first-order chi connectivity index (χ1) is 17.8. The van der Waals surface area contributed by atoms with Gasteiger partial charge < -0.3 is 10.4 Å². The Labute approximate surface area is 227 Å². The Morgan fingerprint density at radius 3 is 1.84 bits per heavy atom. The lowest BCUT2D eigenvalue weighted by Gasteiger charge is -2.21. The number of carbonyl (C=O) groups excluding carboxylic acids is 1. The summed E-state index contributed by atoms with van der Waals surface area (Å²) in [6.45, 7) is 4.39. The van der Waals surface area contributed by atoms with E-state index in [4.69, 9.17) is 0 Å². The van der Waals surface area contributed by atoms with Gasteiger partial charge in [0.05, 0.1) is 17.9 Å². The molecule has 37 heavy (non-hydrogen) atoms. The number of aliphatic hydroxyl groups is 1. The molecule has 0 saturated carbocycles. The first kappa shape index (κ1) is 35.6. The van der Waals surface area contributed by atoms with Crippen LogP contribution in [0.15, 0.2) is 36.5 Å². The van der Waals surface area contributed by atoms with Crippen LogP contribution in [0.1, 0.15) is 129 Å². The second-order valence-electron chi connectivity index (χ2n) is 10.0. The van der Waals surface area contributed by atoms with Gasteiger partial charge in [-0.15, -0.1) is 0 Å². The van der Waals surface area contributed by atoms with E-state index in [-0.39, 0.29) is 12.3 Å². The molecule has 0 fully saturated rings. The van der Waals surface area contributed by atoms with Crippen molar-refractivity contribution < 1.29 is 22.9 Å². The summed E-state index contributed by atoms with van der Waals surface area (Å²) in [6.07, 6.45) is 29.9. The second-order valence-corrected chi connectivity index (χ2v) is 11.5. The maximum absolute atomic E-state index is 12.3. The zero-order valence-electron chi connectivity index (χ0n) is 23.6. The molecule has 216 valence electrons. The highest BCUT2D eigenvalue weighted by Crippen LogP contribution is 2.10. The van der Waals surface area contributed by atoms with Gasteiger partial charge in [0.2, 0.25) is 5.91 Å². The number of unbranched alkanes of at least 4 members (excludes halogenated alkanes) is 13. The van der Waals surface area contributed by atoms with Crippen LogP contribution in [0.3, 0.4) is 0 Å². The molecule has 0 rings (SSSR count). The van der Waals surface area contributed by atoms with Crippen LogP contribution in [0.25, 0.3) is 0 Å². The van der Waals surface area contributed by atoms with Crippen molar-refractivity contribution >= 4 is 16.0 Å². The van der Waals surface area contributed by atoms with Crippen molar-refractivity contribution in [1.82, 2.24) is 5.32 Å². The third kappa shape index (κ3) is 26.0. The third-order valence-corrected chi connectivity index (χ3v) is 7.09. The molecule has 3 N–H and O–H groups in total. The zero-order chi connectivity index (χ0) is 27.6. The van der Waals surface area contributed by atoms with Crippen LogP contribution in [-0.4, -0.2) is 41.9 Å². The molecule has 0 radical (unpaired) electrons. The van der Waals surface area contributed by atoms with E-state index in [1.54, 1.807) is 0 Å². The number of aliphatic hydroxyl groups excluding tert-OH is 1. The van der Waals surface area contributed by atoms with E-state index in [1.807, 2.05) is 6.08 Å². The molecular formula is C30H55NO5S. The van der Waals surface area contributed by atoms with E-state index >= 15 is 0 Å².